The number of hydrogen-bond donors (Lipinski definition) is 1. The highest BCUT2D eigenvalue weighted by Gasteiger charge is 2.20. The molecule has 0 fully saturated rings. The van der Waals surface area contributed by atoms with Crippen molar-refractivity contribution in [1.29, 1.82) is 0 Å². The fourth-order valence-electron chi connectivity index (χ4n) is 3.63. The van der Waals surface area contributed by atoms with E-state index in [1.807, 2.05) is 69.3 Å². The summed E-state index contributed by atoms with van der Waals surface area (Å²) in [6.45, 7) is 5.99. The Morgan fingerprint density at radius 1 is 1.03 bits per heavy atom. The van der Waals surface area contributed by atoms with Gasteiger partial charge in [0.25, 0.3) is 5.91 Å². The van der Waals surface area contributed by atoms with Crippen LogP contribution in [0.1, 0.15) is 51.4 Å². The van der Waals surface area contributed by atoms with E-state index in [1.165, 1.54) is 5.56 Å². The summed E-state index contributed by atoms with van der Waals surface area (Å²) in [5, 5.41) is 7.51. The number of nitrogens with one attached hydrogen (secondary N) is 1. The topological polar surface area (TPSA) is 59.3 Å². The molecule has 0 bridgehead atoms. The molecule has 2 heterocycles. The second-order valence-corrected chi connectivity index (χ2v) is 7.32. The summed E-state index contributed by atoms with van der Waals surface area (Å²) in [5.41, 5.74) is 6.43. The molecule has 0 unspecified atom stereocenters. The maximum absolute atomic E-state index is 12.9. The lowest BCUT2D eigenvalue weighted by Crippen LogP contribution is -2.26. The highest BCUT2D eigenvalue weighted by atomic mass is 16.1. The molecule has 2 aromatic carbocycles. The lowest BCUT2D eigenvalue weighted by Gasteiger charge is -2.14. The Morgan fingerprint density at radius 3 is 2.38 bits per heavy atom. The predicted octanol–water partition coefficient (Wildman–Crippen LogP) is 4.43. The summed E-state index contributed by atoms with van der Waals surface area (Å²) in [5.74, 6) is -0.168. The summed E-state index contributed by atoms with van der Waals surface area (Å²) in [7, 11) is 0. The number of aryl methyl sites for hydroxylation is 2. The Bertz CT molecular complexity index is 1150. The normalized spacial score (nSPS) is 12.1. The molecular weight excluding hydrogens is 360 g/mol. The average Bonchev–Trinajstić information content (AvgIpc) is 3.16. The maximum Gasteiger partial charge on any atom is 0.257 e. The minimum Gasteiger partial charge on any atom is -0.345 e. The Balaban J connectivity index is 1.64. The van der Waals surface area contributed by atoms with Crippen LogP contribution in [-0.4, -0.2) is 20.5 Å². The number of hydrogen-bond acceptors (Lipinski definition) is 3. The Morgan fingerprint density at radius 2 is 1.69 bits per heavy atom. The molecule has 5 nitrogen and oxygen atoms in total. The quantitative estimate of drug-likeness (QED) is 0.554. The van der Waals surface area contributed by atoms with Gasteiger partial charge >= 0.3 is 0 Å². The van der Waals surface area contributed by atoms with Crippen LogP contribution in [0.3, 0.4) is 0 Å². The number of fused-ring (bicyclic) bond motifs is 1. The number of carbonyl (C=O) groups excluding carboxylic acids is 1. The van der Waals surface area contributed by atoms with Crippen molar-refractivity contribution in [1.82, 2.24) is 19.9 Å². The third kappa shape index (κ3) is 3.76. The van der Waals surface area contributed by atoms with Gasteiger partial charge in [-0.15, -0.1) is 0 Å². The number of benzene rings is 2. The van der Waals surface area contributed by atoms with E-state index in [9.17, 15) is 4.79 Å². The molecule has 0 aliphatic carbocycles. The van der Waals surface area contributed by atoms with Crippen LogP contribution in [0.25, 0.3) is 5.65 Å². The third-order valence-corrected chi connectivity index (χ3v) is 5.32. The van der Waals surface area contributed by atoms with Crippen LogP contribution in [-0.2, 0) is 6.42 Å². The molecule has 0 spiro atoms. The fourth-order valence-corrected chi connectivity index (χ4v) is 3.63. The molecule has 2 aromatic heterocycles. The van der Waals surface area contributed by atoms with E-state index in [1.54, 1.807) is 10.7 Å². The van der Waals surface area contributed by atoms with Gasteiger partial charge in [-0.3, -0.25) is 4.79 Å². The standard InChI is InChI=1S/C24H24N4O/c1-16(20-12-8-5-9-13-20)27-24(29)22-15-25-28-18(3)21(17(2)26-23(22)28)14-19-10-6-4-7-11-19/h4-13,15-16H,14H2,1-3H3,(H,27,29)/t16-/m1/s1. The molecule has 0 radical (unpaired) electrons. The molecule has 4 rings (SSSR count). The van der Waals surface area contributed by atoms with E-state index in [0.29, 0.717) is 11.2 Å². The molecule has 4 aromatic rings. The molecule has 0 saturated carbocycles. The van der Waals surface area contributed by atoms with Gasteiger partial charge in [-0.05, 0) is 37.5 Å². The summed E-state index contributed by atoms with van der Waals surface area (Å²) in [4.78, 5) is 17.6. The third-order valence-electron chi connectivity index (χ3n) is 5.32. The Hall–Kier alpha value is -3.47. The number of amides is 1. The van der Waals surface area contributed by atoms with Crippen molar-refractivity contribution in [2.45, 2.75) is 33.2 Å². The second kappa shape index (κ2) is 7.87. The zero-order valence-electron chi connectivity index (χ0n) is 16.9. The van der Waals surface area contributed by atoms with Crippen LogP contribution in [0, 0.1) is 13.8 Å². The van der Waals surface area contributed by atoms with Crippen LogP contribution in [0.4, 0.5) is 0 Å². The number of aromatic nitrogens is 3. The van der Waals surface area contributed by atoms with Gasteiger partial charge < -0.3 is 5.32 Å². The molecule has 0 aliphatic rings. The first-order valence-electron chi connectivity index (χ1n) is 9.78. The zero-order chi connectivity index (χ0) is 20.4. The Kier molecular flexibility index (Phi) is 5.12. The molecule has 1 atom stereocenters. The molecule has 29 heavy (non-hydrogen) atoms. The van der Waals surface area contributed by atoms with Gasteiger partial charge in [0.2, 0.25) is 0 Å². The minimum absolute atomic E-state index is 0.0989. The van der Waals surface area contributed by atoms with Gasteiger partial charge in [0, 0.05) is 17.8 Å². The van der Waals surface area contributed by atoms with Crippen molar-refractivity contribution in [2.75, 3.05) is 0 Å². The largest absolute Gasteiger partial charge is 0.345 e. The van der Waals surface area contributed by atoms with Crippen molar-refractivity contribution in [3.63, 3.8) is 0 Å². The summed E-state index contributed by atoms with van der Waals surface area (Å²) in [6, 6.07) is 20.1. The Labute approximate surface area is 170 Å². The smallest absolute Gasteiger partial charge is 0.257 e. The van der Waals surface area contributed by atoms with Crippen LogP contribution >= 0.6 is 0 Å². The predicted molar refractivity (Wildman–Crippen MR) is 114 cm³/mol. The van der Waals surface area contributed by atoms with E-state index in [4.69, 9.17) is 4.98 Å². The van der Waals surface area contributed by atoms with Crippen LogP contribution < -0.4 is 5.32 Å². The van der Waals surface area contributed by atoms with E-state index in [-0.39, 0.29) is 11.9 Å². The number of carbonyl (C=O) groups is 1. The summed E-state index contributed by atoms with van der Waals surface area (Å²) < 4.78 is 1.77. The van der Waals surface area contributed by atoms with Gasteiger partial charge in [-0.1, -0.05) is 60.7 Å². The number of nitrogens with zero attached hydrogens (tertiary/aromatic N) is 3. The van der Waals surface area contributed by atoms with Crippen molar-refractivity contribution in [3.05, 3.63) is 101 Å². The monoisotopic (exact) mass is 384 g/mol. The van der Waals surface area contributed by atoms with Crippen LogP contribution in [0.2, 0.25) is 0 Å². The fraction of sp³-hybridized carbons (Fsp3) is 0.208. The van der Waals surface area contributed by atoms with E-state index in [2.05, 4.69) is 22.5 Å². The lowest BCUT2D eigenvalue weighted by atomic mass is 10.0. The van der Waals surface area contributed by atoms with Crippen molar-refractivity contribution in [2.24, 2.45) is 0 Å². The highest BCUT2D eigenvalue weighted by molar-refractivity contribution is 5.99. The minimum atomic E-state index is -0.168. The second-order valence-electron chi connectivity index (χ2n) is 7.32. The van der Waals surface area contributed by atoms with E-state index in [0.717, 1.165) is 28.9 Å². The van der Waals surface area contributed by atoms with E-state index < -0.39 is 0 Å². The zero-order valence-corrected chi connectivity index (χ0v) is 16.9. The summed E-state index contributed by atoms with van der Waals surface area (Å²) >= 11 is 0. The molecule has 0 aliphatic heterocycles. The first kappa shape index (κ1) is 18.9. The van der Waals surface area contributed by atoms with Gasteiger partial charge in [-0.25, -0.2) is 9.50 Å². The van der Waals surface area contributed by atoms with E-state index >= 15 is 0 Å². The molecule has 5 heteroatoms. The SMILES string of the molecule is Cc1nc2c(C(=O)N[C@H](C)c3ccccc3)cnn2c(C)c1Cc1ccccc1. The molecule has 1 N–H and O–H groups in total. The van der Waals surface area contributed by atoms with Gasteiger partial charge in [-0.2, -0.15) is 5.10 Å². The molecule has 0 saturated heterocycles. The van der Waals surface area contributed by atoms with Crippen LogP contribution in [0.15, 0.2) is 66.9 Å². The van der Waals surface area contributed by atoms with Crippen molar-refractivity contribution >= 4 is 11.6 Å². The molecule has 1 amide bonds. The highest BCUT2D eigenvalue weighted by Crippen LogP contribution is 2.21. The molecular formula is C24H24N4O. The average molecular weight is 384 g/mol. The van der Waals surface area contributed by atoms with Gasteiger partial charge in [0.1, 0.15) is 5.56 Å². The summed E-state index contributed by atoms with van der Waals surface area (Å²) in [6.07, 6.45) is 2.39. The maximum atomic E-state index is 12.9. The first-order valence-corrected chi connectivity index (χ1v) is 9.78. The van der Waals surface area contributed by atoms with Crippen molar-refractivity contribution in [3.8, 4) is 0 Å². The number of rotatable bonds is 5. The molecule has 146 valence electrons. The van der Waals surface area contributed by atoms with Crippen molar-refractivity contribution < 1.29 is 4.79 Å². The lowest BCUT2D eigenvalue weighted by molar-refractivity contribution is 0.0941. The van der Waals surface area contributed by atoms with Crippen LogP contribution in [0.5, 0.6) is 0 Å². The first-order chi connectivity index (χ1) is 14.0. The van der Waals surface area contributed by atoms with Gasteiger partial charge in [0.05, 0.1) is 12.2 Å². The van der Waals surface area contributed by atoms with Gasteiger partial charge in [0.15, 0.2) is 5.65 Å².